The minimum Gasteiger partial charge on any atom is -0.397 e. The zero-order valence-electron chi connectivity index (χ0n) is 7.64. The summed E-state index contributed by atoms with van der Waals surface area (Å²) < 4.78 is 0. The van der Waals surface area contributed by atoms with E-state index in [-0.39, 0.29) is 11.5 Å². The summed E-state index contributed by atoms with van der Waals surface area (Å²) in [5.74, 6) is -0.215. The van der Waals surface area contributed by atoms with Gasteiger partial charge < -0.3 is 16.8 Å². The first-order valence-corrected chi connectivity index (χ1v) is 3.61. The van der Waals surface area contributed by atoms with Crippen molar-refractivity contribution in [2.75, 3.05) is 7.05 Å². The lowest BCUT2D eigenvalue weighted by atomic mass is 10.2. The van der Waals surface area contributed by atoms with Crippen LogP contribution in [0.3, 0.4) is 0 Å². The molecule has 4 heteroatoms. The summed E-state index contributed by atoms with van der Waals surface area (Å²) in [7, 11) is 1.77. The molecule has 0 aliphatic heterocycles. The molecule has 0 aliphatic rings. The molecule has 0 aromatic carbocycles. The molecule has 0 spiro atoms. The molecule has 12 heavy (non-hydrogen) atoms. The molecule has 0 rings (SSSR count). The maximum atomic E-state index is 10.7. The number of rotatable bonds is 3. The van der Waals surface area contributed by atoms with Gasteiger partial charge >= 0.3 is 0 Å². The Morgan fingerprint density at radius 2 is 1.83 bits per heavy atom. The first kappa shape index (κ1) is 10.6. The number of carbonyl (C=O) groups excluding carboxylic acids is 1. The first-order valence-electron chi connectivity index (χ1n) is 3.61. The maximum Gasteiger partial charge on any atom is 0.177 e. The third kappa shape index (κ3) is 3.09. The normalized spacial score (nSPS) is 13.8. The highest BCUT2D eigenvalue weighted by molar-refractivity contribution is 5.93. The molecule has 0 radical (unpaired) electrons. The quantitative estimate of drug-likeness (QED) is 0.404. The smallest absolute Gasteiger partial charge is 0.177 e. The second-order valence-corrected chi connectivity index (χ2v) is 2.50. The number of ketones is 1. The van der Waals surface area contributed by atoms with Gasteiger partial charge in [0, 0.05) is 19.7 Å². The van der Waals surface area contributed by atoms with E-state index in [9.17, 15) is 4.79 Å². The van der Waals surface area contributed by atoms with Crippen molar-refractivity contribution in [1.82, 2.24) is 5.32 Å². The molecule has 0 aliphatic carbocycles. The maximum absolute atomic E-state index is 10.7. The Morgan fingerprint density at radius 3 is 2.17 bits per heavy atom. The van der Waals surface area contributed by atoms with Crippen molar-refractivity contribution in [2.45, 2.75) is 13.8 Å². The minimum atomic E-state index is -0.215. The van der Waals surface area contributed by atoms with Gasteiger partial charge in [0.05, 0.1) is 11.4 Å². The van der Waals surface area contributed by atoms with E-state index in [1.807, 2.05) is 6.92 Å². The lowest BCUT2D eigenvalue weighted by molar-refractivity contribution is -0.113. The van der Waals surface area contributed by atoms with E-state index in [1.54, 1.807) is 13.1 Å². The minimum absolute atomic E-state index is 0.101. The van der Waals surface area contributed by atoms with Gasteiger partial charge in [-0.05, 0) is 13.0 Å². The topological polar surface area (TPSA) is 81.1 Å². The second kappa shape index (κ2) is 4.43. The van der Waals surface area contributed by atoms with Gasteiger partial charge in [-0.3, -0.25) is 4.79 Å². The molecule has 0 saturated heterocycles. The number of allylic oxidation sites excluding steroid dienone is 3. The van der Waals surface area contributed by atoms with Crippen LogP contribution in [0.2, 0.25) is 0 Å². The molecule has 0 heterocycles. The summed E-state index contributed by atoms with van der Waals surface area (Å²) in [4.78, 5) is 10.7. The summed E-state index contributed by atoms with van der Waals surface area (Å²) in [6.07, 6.45) is 1.62. The Hall–Kier alpha value is -1.45. The number of nitrogens with two attached hydrogens (primary N) is 2. The summed E-state index contributed by atoms with van der Waals surface area (Å²) >= 11 is 0. The molecule has 0 atom stereocenters. The highest BCUT2D eigenvalue weighted by Crippen LogP contribution is 1.97. The van der Waals surface area contributed by atoms with Crippen LogP contribution >= 0.6 is 0 Å². The number of Topliss-reactive ketones (excluding diaryl/α,β-unsaturated/α-hetero) is 1. The number of hydrogen-bond acceptors (Lipinski definition) is 4. The van der Waals surface area contributed by atoms with Crippen molar-refractivity contribution < 1.29 is 4.79 Å². The number of nitrogens with one attached hydrogen (secondary N) is 1. The van der Waals surface area contributed by atoms with Gasteiger partial charge in [0.25, 0.3) is 0 Å². The van der Waals surface area contributed by atoms with Crippen LogP contribution < -0.4 is 16.8 Å². The van der Waals surface area contributed by atoms with E-state index in [1.165, 1.54) is 6.92 Å². The Labute approximate surface area is 72.3 Å². The van der Waals surface area contributed by atoms with Crippen LogP contribution in [0.15, 0.2) is 23.2 Å². The first-order chi connectivity index (χ1) is 5.49. The Kier molecular flexibility index (Phi) is 3.90. The predicted octanol–water partition coefficient (Wildman–Crippen LogP) is -0.172. The number of carbonyl (C=O) groups is 1. The van der Waals surface area contributed by atoms with E-state index in [2.05, 4.69) is 5.32 Å². The molecule has 5 N–H and O–H groups in total. The lowest BCUT2D eigenvalue weighted by Gasteiger charge is -2.01. The zero-order valence-corrected chi connectivity index (χ0v) is 7.64. The molecule has 0 aromatic heterocycles. The zero-order chi connectivity index (χ0) is 9.72. The third-order valence-corrected chi connectivity index (χ3v) is 1.46. The Balaban J connectivity index is 4.69. The van der Waals surface area contributed by atoms with Crippen LogP contribution in [0.1, 0.15) is 13.8 Å². The monoisotopic (exact) mass is 169 g/mol. The summed E-state index contributed by atoms with van der Waals surface area (Å²) in [6.45, 7) is 3.21. The molecular formula is C8H15N3O. The van der Waals surface area contributed by atoms with E-state index in [0.29, 0.717) is 5.70 Å². The van der Waals surface area contributed by atoms with Crippen LogP contribution in [0, 0.1) is 0 Å². The summed E-state index contributed by atoms with van der Waals surface area (Å²) in [5, 5.41) is 2.87. The molecule has 0 unspecified atom stereocenters. The molecule has 4 nitrogen and oxygen atoms in total. The Bertz CT molecular complexity index is 241. The standard InChI is InChI=1S/C8H15N3O/c1-5(11-3)4-7(9)8(10)6(2)12/h4,11H,9-10H2,1-3H3/b5-4-,8-7-. The second-order valence-electron chi connectivity index (χ2n) is 2.50. The van der Waals surface area contributed by atoms with Gasteiger partial charge in [0.15, 0.2) is 5.78 Å². The predicted molar refractivity (Wildman–Crippen MR) is 48.9 cm³/mol. The summed E-state index contributed by atoms with van der Waals surface area (Å²) in [6, 6.07) is 0. The van der Waals surface area contributed by atoms with Crippen molar-refractivity contribution in [2.24, 2.45) is 11.5 Å². The van der Waals surface area contributed by atoms with Gasteiger partial charge in [0.2, 0.25) is 0 Å². The third-order valence-electron chi connectivity index (χ3n) is 1.46. The van der Waals surface area contributed by atoms with Gasteiger partial charge in [0.1, 0.15) is 0 Å². The lowest BCUT2D eigenvalue weighted by Crippen LogP contribution is -2.16. The van der Waals surface area contributed by atoms with Crippen LogP contribution in [0.25, 0.3) is 0 Å². The SMILES string of the molecule is CN/C(C)=C\C(N)=C(\N)C(C)=O. The van der Waals surface area contributed by atoms with Crippen molar-refractivity contribution >= 4 is 5.78 Å². The highest BCUT2D eigenvalue weighted by Gasteiger charge is 2.01. The average Bonchev–Trinajstić information content (AvgIpc) is 2.02. The number of hydrogen-bond donors (Lipinski definition) is 3. The van der Waals surface area contributed by atoms with Crippen LogP contribution in [0.5, 0.6) is 0 Å². The highest BCUT2D eigenvalue weighted by atomic mass is 16.1. The van der Waals surface area contributed by atoms with E-state index >= 15 is 0 Å². The van der Waals surface area contributed by atoms with Crippen molar-refractivity contribution in [3.63, 3.8) is 0 Å². The van der Waals surface area contributed by atoms with Gasteiger partial charge in [-0.25, -0.2) is 0 Å². The van der Waals surface area contributed by atoms with Crippen LogP contribution in [-0.4, -0.2) is 12.8 Å². The largest absolute Gasteiger partial charge is 0.397 e. The fourth-order valence-electron chi connectivity index (χ4n) is 0.586. The average molecular weight is 169 g/mol. The summed E-state index contributed by atoms with van der Waals surface area (Å²) in [5.41, 5.74) is 12.2. The van der Waals surface area contributed by atoms with Crippen molar-refractivity contribution in [3.8, 4) is 0 Å². The Morgan fingerprint density at radius 1 is 1.33 bits per heavy atom. The van der Waals surface area contributed by atoms with Gasteiger partial charge in [-0.15, -0.1) is 0 Å². The fourth-order valence-corrected chi connectivity index (χ4v) is 0.586. The van der Waals surface area contributed by atoms with E-state index < -0.39 is 0 Å². The molecule has 0 fully saturated rings. The molecule has 0 saturated carbocycles. The molecule has 68 valence electrons. The molecule has 0 bridgehead atoms. The fraction of sp³-hybridized carbons (Fsp3) is 0.375. The molecular weight excluding hydrogens is 154 g/mol. The van der Waals surface area contributed by atoms with Gasteiger partial charge in [-0.1, -0.05) is 0 Å². The van der Waals surface area contributed by atoms with E-state index in [0.717, 1.165) is 5.70 Å². The van der Waals surface area contributed by atoms with Crippen molar-refractivity contribution in [3.05, 3.63) is 23.2 Å². The molecule has 0 aromatic rings. The van der Waals surface area contributed by atoms with Gasteiger partial charge in [-0.2, -0.15) is 0 Å². The van der Waals surface area contributed by atoms with Crippen molar-refractivity contribution in [1.29, 1.82) is 0 Å². The van der Waals surface area contributed by atoms with Crippen LogP contribution in [0.4, 0.5) is 0 Å². The van der Waals surface area contributed by atoms with Crippen LogP contribution in [-0.2, 0) is 4.79 Å². The molecule has 0 amide bonds. The van der Waals surface area contributed by atoms with E-state index in [4.69, 9.17) is 11.5 Å².